The Balaban J connectivity index is 1.54. The van der Waals surface area contributed by atoms with Gasteiger partial charge in [0.25, 0.3) is 5.95 Å². The lowest BCUT2D eigenvalue weighted by Crippen LogP contribution is -2.37. The molecule has 1 amide bonds. The van der Waals surface area contributed by atoms with Crippen molar-refractivity contribution in [2.45, 2.75) is 26.8 Å². The van der Waals surface area contributed by atoms with Crippen LogP contribution in [0.2, 0.25) is 0 Å². The van der Waals surface area contributed by atoms with E-state index < -0.39 is 0 Å². The van der Waals surface area contributed by atoms with Gasteiger partial charge in [0.1, 0.15) is 12.6 Å². The van der Waals surface area contributed by atoms with E-state index in [0.29, 0.717) is 11.1 Å². The number of rotatable bonds is 5. The molecule has 5 rings (SSSR count). The van der Waals surface area contributed by atoms with Crippen LogP contribution in [0.3, 0.4) is 0 Å². The van der Waals surface area contributed by atoms with Crippen LogP contribution in [0.5, 0.6) is 0 Å². The highest BCUT2D eigenvalue weighted by atomic mass is 32.1. The monoisotopic (exact) mass is 457 g/mol. The third kappa shape index (κ3) is 4.27. The number of nitrogens with one attached hydrogen (secondary N) is 1. The number of carbonyl (C=O) groups excluding carboxylic acids is 1. The summed E-state index contributed by atoms with van der Waals surface area (Å²) in [5.41, 5.74) is 6.17. The number of tetrazole rings is 1. The average Bonchev–Trinajstić information content (AvgIpc) is 3.44. The Labute approximate surface area is 195 Å². The zero-order chi connectivity index (χ0) is 22.9. The predicted octanol–water partition coefficient (Wildman–Crippen LogP) is 4.14. The second-order valence-corrected chi connectivity index (χ2v) is 8.98. The lowest BCUT2D eigenvalue weighted by atomic mass is 9.99. The number of hydrogen-bond acceptors (Lipinski definition) is 7. The summed E-state index contributed by atoms with van der Waals surface area (Å²) < 4.78 is 1.75. The minimum atomic E-state index is -0.189. The fourth-order valence-corrected chi connectivity index (χ4v) is 4.52. The fraction of sp³-hybridized carbons (Fsp3) is 0.208. The van der Waals surface area contributed by atoms with Crippen molar-refractivity contribution in [1.82, 2.24) is 25.2 Å². The number of anilines is 2. The number of aryl methyl sites for hydroxylation is 3. The van der Waals surface area contributed by atoms with Gasteiger partial charge in [0.15, 0.2) is 5.13 Å². The number of amides is 1. The van der Waals surface area contributed by atoms with Crippen molar-refractivity contribution in [2.75, 3.05) is 16.8 Å². The van der Waals surface area contributed by atoms with Gasteiger partial charge in [-0.25, -0.2) is 4.98 Å². The van der Waals surface area contributed by atoms with Gasteiger partial charge in [0.2, 0.25) is 5.91 Å². The molecule has 9 heteroatoms. The van der Waals surface area contributed by atoms with E-state index in [1.165, 1.54) is 22.5 Å². The lowest BCUT2D eigenvalue weighted by Gasteiger charge is -2.32. The molecule has 4 aromatic rings. The standard InChI is InChI=1S/C24H23N7OS/c1-15-4-8-18(9-5-15)20-12-21(19-10-6-16(2)7-11-19)31-24(27-28-29-31)30(20)13-22(32)26-23-25-17(3)14-33-23/h4-12,14,21H,13H2,1-3H3,(H,25,26,32)/t21-/m0/s1. The molecule has 2 aromatic heterocycles. The third-order valence-electron chi connectivity index (χ3n) is 5.52. The quantitative estimate of drug-likeness (QED) is 0.484. The zero-order valence-corrected chi connectivity index (χ0v) is 19.4. The third-order valence-corrected chi connectivity index (χ3v) is 6.40. The van der Waals surface area contributed by atoms with Crippen LogP contribution in [0.1, 0.15) is 34.0 Å². The molecule has 0 radical (unpaired) electrons. The van der Waals surface area contributed by atoms with E-state index in [1.807, 2.05) is 17.2 Å². The molecule has 0 saturated heterocycles. The minimum absolute atomic E-state index is 0.0549. The highest BCUT2D eigenvalue weighted by molar-refractivity contribution is 7.13. The maximum atomic E-state index is 13.0. The largest absolute Gasteiger partial charge is 0.300 e. The lowest BCUT2D eigenvalue weighted by molar-refractivity contribution is -0.114. The van der Waals surface area contributed by atoms with E-state index in [4.69, 9.17) is 0 Å². The first kappa shape index (κ1) is 21.0. The Morgan fingerprint density at radius 2 is 1.73 bits per heavy atom. The number of carbonyl (C=O) groups is 1. The van der Waals surface area contributed by atoms with Gasteiger partial charge in [-0.2, -0.15) is 4.68 Å². The number of thiazole rings is 1. The molecule has 1 N–H and O–H groups in total. The summed E-state index contributed by atoms with van der Waals surface area (Å²) >= 11 is 1.40. The maximum Gasteiger partial charge on any atom is 0.251 e. The van der Waals surface area contributed by atoms with Gasteiger partial charge in [-0.15, -0.1) is 11.3 Å². The van der Waals surface area contributed by atoms with Crippen molar-refractivity contribution in [3.8, 4) is 0 Å². The van der Waals surface area contributed by atoms with E-state index in [2.05, 4.69) is 94.3 Å². The molecule has 0 spiro atoms. The van der Waals surface area contributed by atoms with E-state index in [-0.39, 0.29) is 18.5 Å². The SMILES string of the molecule is Cc1ccc(C2=C[C@@H](c3ccc(C)cc3)n3nnnc3N2CC(=O)Nc2nc(C)cs2)cc1. The molecule has 0 unspecified atom stereocenters. The van der Waals surface area contributed by atoms with Crippen LogP contribution >= 0.6 is 11.3 Å². The molecule has 0 bridgehead atoms. The predicted molar refractivity (Wildman–Crippen MR) is 129 cm³/mol. The van der Waals surface area contributed by atoms with Gasteiger partial charge >= 0.3 is 0 Å². The Hall–Kier alpha value is -3.85. The van der Waals surface area contributed by atoms with E-state index in [0.717, 1.165) is 22.5 Å². The number of allylic oxidation sites excluding steroid dienone is 1. The number of benzene rings is 2. The molecule has 0 aliphatic carbocycles. The fourth-order valence-electron chi connectivity index (χ4n) is 3.81. The Morgan fingerprint density at radius 3 is 2.39 bits per heavy atom. The molecule has 1 aliphatic rings. The first-order valence-corrected chi connectivity index (χ1v) is 11.5. The molecule has 0 saturated carbocycles. The van der Waals surface area contributed by atoms with Crippen molar-refractivity contribution in [3.05, 3.63) is 87.9 Å². The Morgan fingerprint density at radius 1 is 1.03 bits per heavy atom. The number of aromatic nitrogens is 5. The van der Waals surface area contributed by atoms with Crippen LogP contribution in [0.25, 0.3) is 5.70 Å². The van der Waals surface area contributed by atoms with Crippen molar-refractivity contribution in [1.29, 1.82) is 0 Å². The van der Waals surface area contributed by atoms with Crippen LogP contribution < -0.4 is 10.2 Å². The number of nitrogens with zero attached hydrogens (tertiary/aromatic N) is 6. The minimum Gasteiger partial charge on any atom is -0.300 e. The molecular weight excluding hydrogens is 434 g/mol. The Kier molecular flexibility index (Phi) is 5.47. The first-order chi connectivity index (χ1) is 16.0. The van der Waals surface area contributed by atoms with Crippen molar-refractivity contribution >= 4 is 34.0 Å². The first-order valence-electron chi connectivity index (χ1n) is 10.6. The van der Waals surface area contributed by atoms with Gasteiger partial charge in [-0.05, 0) is 48.4 Å². The van der Waals surface area contributed by atoms with Gasteiger partial charge in [0, 0.05) is 5.38 Å². The normalized spacial score (nSPS) is 15.2. The molecule has 166 valence electrons. The van der Waals surface area contributed by atoms with Crippen LogP contribution in [0.15, 0.2) is 60.0 Å². The summed E-state index contributed by atoms with van der Waals surface area (Å²) in [6, 6.07) is 16.4. The maximum absolute atomic E-state index is 13.0. The Bertz CT molecular complexity index is 1320. The van der Waals surface area contributed by atoms with Crippen LogP contribution in [-0.4, -0.2) is 37.6 Å². The van der Waals surface area contributed by atoms with Crippen molar-refractivity contribution in [2.24, 2.45) is 0 Å². The van der Waals surface area contributed by atoms with Crippen molar-refractivity contribution < 1.29 is 4.79 Å². The summed E-state index contributed by atoms with van der Waals surface area (Å²) in [5.74, 6) is 0.329. The van der Waals surface area contributed by atoms with Gasteiger partial charge in [-0.1, -0.05) is 64.8 Å². The molecule has 8 nitrogen and oxygen atoms in total. The van der Waals surface area contributed by atoms with Gasteiger partial charge in [0.05, 0.1) is 11.4 Å². The highest BCUT2D eigenvalue weighted by Gasteiger charge is 2.32. The average molecular weight is 458 g/mol. The second kappa shape index (κ2) is 8.59. The van der Waals surface area contributed by atoms with E-state index >= 15 is 0 Å². The summed E-state index contributed by atoms with van der Waals surface area (Å²) in [4.78, 5) is 19.1. The number of fused-ring (bicyclic) bond motifs is 1. The summed E-state index contributed by atoms with van der Waals surface area (Å²) in [6.45, 7) is 6.06. The van der Waals surface area contributed by atoms with Gasteiger partial charge < -0.3 is 5.32 Å². The molecule has 33 heavy (non-hydrogen) atoms. The van der Waals surface area contributed by atoms with Crippen LogP contribution in [0, 0.1) is 20.8 Å². The smallest absolute Gasteiger partial charge is 0.251 e. The summed E-state index contributed by atoms with van der Waals surface area (Å²) in [7, 11) is 0. The van der Waals surface area contributed by atoms with Crippen LogP contribution in [0.4, 0.5) is 11.1 Å². The molecular formula is C24H23N7OS. The van der Waals surface area contributed by atoms with Gasteiger partial charge in [-0.3, -0.25) is 9.69 Å². The van der Waals surface area contributed by atoms with Crippen LogP contribution in [-0.2, 0) is 4.79 Å². The second-order valence-electron chi connectivity index (χ2n) is 8.13. The molecule has 1 aliphatic heterocycles. The highest BCUT2D eigenvalue weighted by Crippen LogP contribution is 2.36. The molecule has 0 fully saturated rings. The zero-order valence-electron chi connectivity index (χ0n) is 18.6. The topological polar surface area (TPSA) is 88.8 Å². The van der Waals surface area contributed by atoms with E-state index in [9.17, 15) is 4.79 Å². The summed E-state index contributed by atoms with van der Waals surface area (Å²) in [6.07, 6.45) is 2.11. The van der Waals surface area contributed by atoms with Crippen molar-refractivity contribution in [3.63, 3.8) is 0 Å². The number of hydrogen-bond donors (Lipinski definition) is 1. The molecule has 3 heterocycles. The molecule has 1 atom stereocenters. The van der Waals surface area contributed by atoms with E-state index in [1.54, 1.807) is 4.68 Å². The molecule has 2 aromatic carbocycles. The summed E-state index contributed by atoms with van der Waals surface area (Å²) in [5, 5.41) is 17.8.